The molecule has 0 spiro atoms. The summed E-state index contributed by atoms with van der Waals surface area (Å²) < 4.78 is 1.61. The van der Waals surface area contributed by atoms with Crippen molar-refractivity contribution in [3.63, 3.8) is 0 Å². The maximum atomic E-state index is 11.5. The molecular formula is C18H15Cl2N5OS. The van der Waals surface area contributed by atoms with Gasteiger partial charge in [0.2, 0.25) is 5.95 Å². The second kappa shape index (κ2) is 8.47. The molecule has 1 heterocycles. The Kier molecular flexibility index (Phi) is 6.05. The number of aromatic nitrogens is 3. The molecule has 27 heavy (non-hydrogen) atoms. The van der Waals surface area contributed by atoms with Crippen LogP contribution in [0, 0.1) is 0 Å². The van der Waals surface area contributed by atoms with E-state index < -0.39 is 0 Å². The monoisotopic (exact) mass is 419 g/mol. The summed E-state index contributed by atoms with van der Waals surface area (Å²) >= 11 is 17.6. The predicted octanol–water partition coefficient (Wildman–Crippen LogP) is 4.64. The minimum absolute atomic E-state index is 0.0174. The molecule has 0 aliphatic carbocycles. The molecule has 0 bridgehead atoms. The van der Waals surface area contributed by atoms with E-state index in [9.17, 15) is 4.79 Å². The molecule has 0 unspecified atom stereocenters. The van der Waals surface area contributed by atoms with Gasteiger partial charge in [-0.15, -0.1) is 5.10 Å². The first-order chi connectivity index (χ1) is 12.9. The van der Waals surface area contributed by atoms with Crippen molar-refractivity contribution in [2.45, 2.75) is 13.5 Å². The van der Waals surface area contributed by atoms with Crippen LogP contribution in [0.5, 0.6) is 0 Å². The highest BCUT2D eigenvalue weighted by Crippen LogP contribution is 2.24. The zero-order chi connectivity index (χ0) is 19.4. The van der Waals surface area contributed by atoms with E-state index in [0.717, 1.165) is 5.56 Å². The van der Waals surface area contributed by atoms with E-state index in [0.29, 0.717) is 38.9 Å². The molecule has 2 N–H and O–H groups in total. The minimum atomic E-state index is -0.0174. The number of ketones is 1. The summed E-state index contributed by atoms with van der Waals surface area (Å²) in [5, 5.41) is 11.7. The predicted molar refractivity (Wildman–Crippen MR) is 112 cm³/mol. The number of rotatable bonds is 5. The van der Waals surface area contributed by atoms with Gasteiger partial charge in [0, 0.05) is 26.9 Å². The van der Waals surface area contributed by atoms with E-state index in [1.54, 1.807) is 47.4 Å². The number of hydrogen-bond acceptors (Lipinski definition) is 4. The molecule has 0 saturated carbocycles. The fourth-order valence-corrected chi connectivity index (χ4v) is 3.08. The van der Waals surface area contributed by atoms with Gasteiger partial charge in [-0.1, -0.05) is 41.4 Å². The molecule has 138 valence electrons. The van der Waals surface area contributed by atoms with E-state index in [2.05, 4.69) is 20.7 Å². The minimum Gasteiger partial charge on any atom is -0.332 e. The lowest BCUT2D eigenvalue weighted by Crippen LogP contribution is -2.20. The van der Waals surface area contributed by atoms with Gasteiger partial charge in [-0.3, -0.25) is 10.1 Å². The van der Waals surface area contributed by atoms with Crippen molar-refractivity contribution >= 4 is 58.0 Å². The van der Waals surface area contributed by atoms with Crippen molar-refractivity contribution in [3.8, 4) is 0 Å². The van der Waals surface area contributed by atoms with Crippen LogP contribution in [0.3, 0.4) is 0 Å². The maximum Gasteiger partial charge on any atom is 0.248 e. The van der Waals surface area contributed by atoms with Crippen LogP contribution in [0.25, 0.3) is 0 Å². The molecule has 1 aromatic heterocycles. The molecular weight excluding hydrogens is 405 g/mol. The second-order valence-corrected chi connectivity index (χ2v) is 6.90. The van der Waals surface area contributed by atoms with Crippen molar-refractivity contribution < 1.29 is 4.79 Å². The molecule has 0 fully saturated rings. The summed E-state index contributed by atoms with van der Waals surface area (Å²) in [5.41, 5.74) is 2.06. The van der Waals surface area contributed by atoms with Gasteiger partial charge in [-0.2, -0.15) is 0 Å². The van der Waals surface area contributed by atoms with E-state index in [-0.39, 0.29) is 5.78 Å². The topological polar surface area (TPSA) is 71.8 Å². The molecule has 3 rings (SSSR count). The van der Waals surface area contributed by atoms with Gasteiger partial charge < -0.3 is 5.32 Å². The van der Waals surface area contributed by atoms with E-state index in [1.807, 2.05) is 6.07 Å². The third kappa shape index (κ3) is 5.03. The Bertz CT molecular complexity index is 985. The summed E-state index contributed by atoms with van der Waals surface area (Å²) in [7, 11) is 0. The number of carbonyl (C=O) groups is 1. The lowest BCUT2D eigenvalue weighted by atomic mass is 10.1. The van der Waals surface area contributed by atoms with Crippen LogP contribution in [-0.2, 0) is 6.54 Å². The van der Waals surface area contributed by atoms with Gasteiger partial charge in [0.25, 0.3) is 0 Å². The number of nitrogens with one attached hydrogen (secondary N) is 2. The van der Waals surface area contributed by atoms with Crippen LogP contribution >= 0.6 is 35.4 Å². The summed E-state index contributed by atoms with van der Waals surface area (Å²) in [6.07, 6.45) is 1.56. The number of benzene rings is 2. The SMILES string of the molecule is CC(=O)c1cccc(NC(=S)Nc2ncn(Cc3c(Cl)cccc3Cl)n2)c1. The van der Waals surface area contributed by atoms with Crippen molar-refractivity contribution in [2.24, 2.45) is 0 Å². The average molecular weight is 420 g/mol. The Balaban J connectivity index is 1.64. The lowest BCUT2D eigenvalue weighted by molar-refractivity contribution is 0.101. The first kappa shape index (κ1) is 19.3. The molecule has 0 radical (unpaired) electrons. The van der Waals surface area contributed by atoms with Gasteiger partial charge >= 0.3 is 0 Å². The van der Waals surface area contributed by atoms with E-state index >= 15 is 0 Å². The van der Waals surface area contributed by atoms with Crippen molar-refractivity contribution in [1.82, 2.24) is 14.8 Å². The molecule has 0 aliphatic heterocycles. The van der Waals surface area contributed by atoms with Crippen LogP contribution in [0.15, 0.2) is 48.8 Å². The van der Waals surface area contributed by atoms with Crippen LogP contribution in [0.2, 0.25) is 10.0 Å². The Labute approximate surface area is 171 Å². The highest BCUT2D eigenvalue weighted by molar-refractivity contribution is 7.80. The second-order valence-electron chi connectivity index (χ2n) is 5.68. The first-order valence-corrected chi connectivity index (χ1v) is 9.10. The largest absolute Gasteiger partial charge is 0.332 e. The summed E-state index contributed by atoms with van der Waals surface area (Å²) in [5.74, 6) is 0.314. The number of anilines is 2. The fraction of sp³-hybridized carbons (Fsp3) is 0.111. The highest BCUT2D eigenvalue weighted by Gasteiger charge is 2.09. The third-order valence-electron chi connectivity index (χ3n) is 3.67. The molecule has 9 heteroatoms. The van der Waals surface area contributed by atoms with Crippen LogP contribution in [0.1, 0.15) is 22.8 Å². The number of thiocarbonyl (C=S) groups is 1. The van der Waals surface area contributed by atoms with E-state index in [4.69, 9.17) is 35.4 Å². The zero-order valence-electron chi connectivity index (χ0n) is 14.2. The van der Waals surface area contributed by atoms with Crippen molar-refractivity contribution in [3.05, 3.63) is 70.0 Å². The Morgan fingerprint density at radius 2 is 1.85 bits per heavy atom. The van der Waals surface area contributed by atoms with Crippen molar-refractivity contribution in [2.75, 3.05) is 10.6 Å². The number of hydrogen-bond donors (Lipinski definition) is 2. The van der Waals surface area contributed by atoms with Gasteiger partial charge in [0.15, 0.2) is 10.9 Å². The number of Topliss-reactive ketones (excluding diaryl/α,β-unsaturated/α-hetero) is 1. The number of nitrogens with zero attached hydrogens (tertiary/aromatic N) is 3. The quantitative estimate of drug-likeness (QED) is 0.463. The molecule has 6 nitrogen and oxygen atoms in total. The van der Waals surface area contributed by atoms with Gasteiger partial charge in [0.1, 0.15) is 6.33 Å². The Morgan fingerprint density at radius 1 is 1.15 bits per heavy atom. The average Bonchev–Trinajstić information content (AvgIpc) is 3.05. The Hall–Kier alpha value is -2.48. The normalized spacial score (nSPS) is 10.5. The third-order valence-corrected chi connectivity index (χ3v) is 4.58. The molecule has 0 atom stereocenters. The van der Waals surface area contributed by atoms with Gasteiger partial charge in [0.05, 0.1) is 6.54 Å². The van der Waals surface area contributed by atoms with Crippen LogP contribution in [0.4, 0.5) is 11.6 Å². The smallest absolute Gasteiger partial charge is 0.248 e. The summed E-state index contributed by atoms with van der Waals surface area (Å²) in [6, 6.07) is 12.4. The molecule has 0 saturated heterocycles. The molecule has 0 amide bonds. The molecule has 2 aromatic carbocycles. The molecule has 3 aromatic rings. The van der Waals surface area contributed by atoms with Crippen LogP contribution in [-0.4, -0.2) is 25.7 Å². The standard InChI is InChI=1S/C18H15Cl2N5OS/c1-11(26)12-4-2-5-13(8-12)22-18(27)23-17-21-10-25(24-17)9-14-15(19)6-3-7-16(14)20/h2-8,10H,9H2,1H3,(H2,22,23,24,27). The lowest BCUT2D eigenvalue weighted by Gasteiger charge is -2.09. The summed E-state index contributed by atoms with van der Waals surface area (Å²) in [4.78, 5) is 15.6. The maximum absolute atomic E-state index is 11.5. The number of carbonyl (C=O) groups excluding carboxylic acids is 1. The van der Waals surface area contributed by atoms with Gasteiger partial charge in [-0.05, 0) is 43.4 Å². The number of halogens is 2. The fourth-order valence-electron chi connectivity index (χ4n) is 2.35. The summed E-state index contributed by atoms with van der Waals surface area (Å²) in [6.45, 7) is 1.89. The highest BCUT2D eigenvalue weighted by atomic mass is 35.5. The zero-order valence-corrected chi connectivity index (χ0v) is 16.6. The Morgan fingerprint density at radius 3 is 2.56 bits per heavy atom. The van der Waals surface area contributed by atoms with Crippen LogP contribution < -0.4 is 10.6 Å². The van der Waals surface area contributed by atoms with Gasteiger partial charge in [-0.25, -0.2) is 9.67 Å². The van der Waals surface area contributed by atoms with E-state index in [1.165, 1.54) is 6.92 Å². The molecule has 0 aliphatic rings. The first-order valence-electron chi connectivity index (χ1n) is 7.93. The van der Waals surface area contributed by atoms with Crippen molar-refractivity contribution in [1.29, 1.82) is 0 Å².